The molecule has 0 bridgehead atoms. The summed E-state index contributed by atoms with van der Waals surface area (Å²) in [5.41, 5.74) is 1.40. The Morgan fingerprint density at radius 3 is 2.80 bits per heavy atom. The van der Waals surface area contributed by atoms with Gasteiger partial charge in [-0.2, -0.15) is 0 Å². The zero-order chi connectivity index (χ0) is 14.2. The van der Waals surface area contributed by atoms with E-state index in [-0.39, 0.29) is 0 Å². The molecule has 2 N–H and O–H groups in total. The van der Waals surface area contributed by atoms with Crippen molar-refractivity contribution in [3.63, 3.8) is 0 Å². The van der Waals surface area contributed by atoms with Crippen LogP contribution in [0.4, 0.5) is 0 Å². The lowest BCUT2D eigenvalue weighted by molar-refractivity contribution is 0.0707. The average Bonchev–Trinajstić information content (AvgIpc) is 2.49. The van der Waals surface area contributed by atoms with E-state index in [1.807, 2.05) is 0 Å². The Labute approximate surface area is 123 Å². The highest BCUT2D eigenvalue weighted by atomic mass is 16.5. The third-order valence-corrected chi connectivity index (χ3v) is 3.90. The number of morpholine rings is 1. The van der Waals surface area contributed by atoms with E-state index in [1.54, 1.807) is 0 Å². The number of benzene rings is 1. The first-order valence-corrected chi connectivity index (χ1v) is 7.91. The number of hydrogen-bond donors (Lipinski definition) is 2. The van der Waals surface area contributed by atoms with Crippen molar-refractivity contribution in [1.29, 1.82) is 0 Å². The minimum Gasteiger partial charge on any atom is -0.379 e. The van der Waals surface area contributed by atoms with Gasteiger partial charge >= 0.3 is 0 Å². The highest BCUT2D eigenvalue weighted by Gasteiger charge is 2.19. The summed E-state index contributed by atoms with van der Waals surface area (Å²) in [6, 6.07) is 12.2. The van der Waals surface area contributed by atoms with Gasteiger partial charge in [0.15, 0.2) is 0 Å². The van der Waals surface area contributed by atoms with E-state index < -0.39 is 0 Å². The Balaban J connectivity index is 1.87. The molecule has 0 radical (unpaired) electrons. The monoisotopic (exact) mass is 276 g/mol. The van der Waals surface area contributed by atoms with Gasteiger partial charge in [-0.05, 0) is 25.3 Å². The van der Waals surface area contributed by atoms with Crippen LogP contribution in [0.15, 0.2) is 30.3 Å². The fourth-order valence-electron chi connectivity index (χ4n) is 2.93. The van der Waals surface area contributed by atoms with Crippen LogP contribution in [0.5, 0.6) is 0 Å². The molecule has 3 atom stereocenters. The number of nitrogens with one attached hydrogen (secondary N) is 2. The molecule has 20 heavy (non-hydrogen) atoms. The molecule has 3 nitrogen and oxygen atoms in total. The SMILES string of the molecule is CCCC(NC(C)CC1COCCN1)c1ccccc1. The van der Waals surface area contributed by atoms with Gasteiger partial charge in [0.2, 0.25) is 0 Å². The molecule has 3 heteroatoms. The summed E-state index contributed by atoms with van der Waals surface area (Å²) in [7, 11) is 0. The summed E-state index contributed by atoms with van der Waals surface area (Å²) in [4.78, 5) is 0. The second kappa shape index (κ2) is 8.40. The van der Waals surface area contributed by atoms with Gasteiger partial charge in [0, 0.05) is 24.7 Å². The normalized spacial score (nSPS) is 22.4. The first-order valence-electron chi connectivity index (χ1n) is 7.91. The Hall–Kier alpha value is -0.900. The topological polar surface area (TPSA) is 33.3 Å². The van der Waals surface area contributed by atoms with Crippen LogP contribution in [0.2, 0.25) is 0 Å². The van der Waals surface area contributed by atoms with Crippen molar-refractivity contribution in [3.8, 4) is 0 Å². The van der Waals surface area contributed by atoms with E-state index in [4.69, 9.17) is 4.74 Å². The second-order valence-corrected chi connectivity index (χ2v) is 5.78. The summed E-state index contributed by atoms with van der Waals surface area (Å²) in [6.07, 6.45) is 3.50. The highest BCUT2D eigenvalue weighted by Crippen LogP contribution is 2.19. The van der Waals surface area contributed by atoms with E-state index in [0.29, 0.717) is 18.1 Å². The number of hydrogen-bond acceptors (Lipinski definition) is 3. The van der Waals surface area contributed by atoms with Gasteiger partial charge in [-0.1, -0.05) is 43.7 Å². The highest BCUT2D eigenvalue weighted by molar-refractivity contribution is 5.18. The molecule has 112 valence electrons. The maximum Gasteiger partial charge on any atom is 0.0620 e. The zero-order valence-corrected chi connectivity index (χ0v) is 12.8. The van der Waals surface area contributed by atoms with Gasteiger partial charge in [0.05, 0.1) is 13.2 Å². The maximum absolute atomic E-state index is 5.53. The van der Waals surface area contributed by atoms with Gasteiger partial charge in [0.1, 0.15) is 0 Å². The van der Waals surface area contributed by atoms with Crippen molar-refractivity contribution < 1.29 is 4.74 Å². The molecule has 0 saturated carbocycles. The van der Waals surface area contributed by atoms with Crippen LogP contribution in [-0.2, 0) is 4.74 Å². The summed E-state index contributed by atoms with van der Waals surface area (Å²) >= 11 is 0. The second-order valence-electron chi connectivity index (χ2n) is 5.78. The van der Waals surface area contributed by atoms with E-state index >= 15 is 0 Å². The Morgan fingerprint density at radius 2 is 2.15 bits per heavy atom. The fraction of sp³-hybridized carbons (Fsp3) is 0.647. The zero-order valence-electron chi connectivity index (χ0n) is 12.8. The van der Waals surface area contributed by atoms with Crippen LogP contribution in [0, 0.1) is 0 Å². The van der Waals surface area contributed by atoms with E-state index in [0.717, 1.165) is 26.2 Å². The van der Waals surface area contributed by atoms with Crippen LogP contribution in [-0.4, -0.2) is 31.8 Å². The average molecular weight is 276 g/mol. The van der Waals surface area contributed by atoms with Crippen LogP contribution < -0.4 is 10.6 Å². The molecule has 1 heterocycles. The molecule has 0 spiro atoms. The molecule has 2 rings (SSSR count). The van der Waals surface area contributed by atoms with Crippen molar-refractivity contribution >= 4 is 0 Å². The molecule has 1 aromatic rings. The molecule has 3 unspecified atom stereocenters. The Bertz CT molecular complexity index is 363. The lowest BCUT2D eigenvalue weighted by atomic mass is 10.00. The fourth-order valence-corrected chi connectivity index (χ4v) is 2.93. The number of ether oxygens (including phenoxy) is 1. The summed E-state index contributed by atoms with van der Waals surface area (Å²) in [6.45, 7) is 7.20. The molecule has 0 aliphatic carbocycles. The van der Waals surface area contributed by atoms with Gasteiger partial charge in [-0.3, -0.25) is 0 Å². The van der Waals surface area contributed by atoms with Crippen LogP contribution in [0.25, 0.3) is 0 Å². The molecular formula is C17H28N2O. The van der Waals surface area contributed by atoms with Crippen LogP contribution in [0.1, 0.15) is 44.7 Å². The minimum absolute atomic E-state index is 0.459. The summed E-state index contributed by atoms with van der Waals surface area (Å²) in [5, 5.41) is 7.32. The Kier molecular flexibility index (Phi) is 6.51. The van der Waals surface area contributed by atoms with Gasteiger partial charge in [-0.25, -0.2) is 0 Å². The molecule has 1 aromatic carbocycles. The third kappa shape index (κ3) is 4.89. The standard InChI is InChI=1S/C17H28N2O/c1-3-7-17(15-8-5-4-6-9-15)19-14(2)12-16-13-20-11-10-18-16/h4-6,8-9,14,16-19H,3,7,10-13H2,1-2H3. The van der Waals surface area contributed by atoms with E-state index in [2.05, 4.69) is 54.8 Å². The van der Waals surface area contributed by atoms with E-state index in [9.17, 15) is 0 Å². The van der Waals surface area contributed by atoms with Crippen LogP contribution >= 0.6 is 0 Å². The largest absolute Gasteiger partial charge is 0.379 e. The molecular weight excluding hydrogens is 248 g/mol. The van der Waals surface area contributed by atoms with Gasteiger partial charge in [0.25, 0.3) is 0 Å². The van der Waals surface area contributed by atoms with Crippen molar-refractivity contribution in [1.82, 2.24) is 10.6 Å². The van der Waals surface area contributed by atoms with Crippen LogP contribution in [0.3, 0.4) is 0 Å². The smallest absolute Gasteiger partial charge is 0.0620 e. The molecule has 0 aromatic heterocycles. The van der Waals surface area contributed by atoms with Crippen molar-refractivity contribution in [2.75, 3.05) is 19.8 Å². The summed E-state index contributed by atoms with van der Waals surface area (Å²) in [5.74, 6) is 0. The lowest BCUT2D eigenvalue weighted by Gasteiger charge is -2.29. The van der Waals surface area contributed by atoms with Crippen molar-refractivity contribution in [3.05, 3.63) is 35.9 Å². The predicted octanol–water partition coefficient (Wildman–Crippen LogP) is 2.88. The molecule has 1 aliphatic heterocycles. The van der Waals surface area contributed by atoms with Gasteiger partial charge in [-0.15, -0.1) is 0 Å². The first-order chi connectivity index (χ1) is 9.79. The number of rotatable bonds is 7. The van der Waals surface area contributed by atoms with E-state index in [1.165, 1.54) is 18.4 Å². The lowest BCUT2D eigenvalue weighted by Crippen LogP contribution is -2.45. The van der Waals surface area contributed by atoms with Crippen molar-refractivity contribution in [2.24, 2.45) is 0 Å². The van der Waals surface area contributed by atoms with Crippen molar-refractivity contribution in [2.45, 2.75) is 51.2 Å². The summed E-state index contributed by atoms with van der Waals surface area (Å²) < 4.78 is 5.53. The Morgan fingerprint density at radius 1 is 1.35 bits per heavy atom. The quantitative estimate of drug-likeness (QED) is 0.803. The maximum atomic E-state index is 5.53. The molecule has 1 aliphatic rings. The first kappa shape index (κ1) is 15.5. The third-order valence-electron chi connectivity index (χ3n) is 3.90. The van der Waals surface area contributed by atoms with Gasteiger partial charge < -0.3 is 15.4 Å². The molecule has 1 fully saturated rings. The molecule has 1 saturated heterocycles. The minimum atomic E-state index is 0.459. The predicted molar refractivity (Wildman–Crippen MR) is 83.9 cm³/mol. The molecule has 0 amide bonds.